The summed E-state index contributed by atoms with van der Waals surface area (Å²) in [6.45, 7) is 3.56. The van der Waals surface area contributed by atoms with Gasteiger partial charge in [-0.3, -0.25) is 9.78 Å². The second-order valence-electron chi connectivity index (χ2n) is 7.93. The fourth-order valence-corrected chi connectivity index (χ4v) is 3.85. The van der Waals surface area contributed by atoms with Gasteiger partial charge in [0.15, 0.2) is 0 Å². The Labute approximate surface area is 183 Å². The molecule has 1 aliphatic heterocycles. The quantitative estimate of drug-likeness (QED) is 0.606. The van der Waals surface area contributed by atoms with Crippen molar-refractivity contribution in [2.75, 3.05) is 18.4 Å². The third-order valence-corrected chi connectivity index (χ3v) is 5.52. The lowest BCUT2D eigenvalue weighted by Gasteiger charge is -2.31. The second kappa shape index (κ2) is 9.98. The van der Waals surface area contributed by atoms with Gasteiger partial charge in [-0.1, -0.05) is 12.1 Å². The number of rotatable bonds is 6. The van der Waals surface area contributed by atoms with Gasteiger partial charge in [0.1, 0.15) is 11.6 Å². The van der Waals surface area contributed by atoms with Crippen LogP contribution in [0.25, 0.3) is 6.08 Å². The maximum Gasteiger partial charge on any atom is 0.246 e. The lowest BCUT2D eigenvalue weighted by molar-refractivity contribution is -0.127. The Kier molecular flexibility index (Phi) is 6.67. The van der Waals surface area contributed by atoms with E-state index in [4.69, 9.17) is 0 Å². The van der Waals surface area contributed by atoms with Gasteiger partial charge in [-0.2, -0.15) is 0 Å². The minimum absolute atomic E-state index is 0.0726. The molecule has 3 aromatic heterocycles. The zero-order valence-corrected chi connectivity index (χ0v) is 17.7. The average molecular weight is 414 g/mol. The Morgan fingerprint density at radius 1 is 1.13 bits per heavy atom. The molecule has 4 rings (SSSR count). The zero-order chi connectivity index (χ0) is 21.5. The fraction of sp³-hybridized carbons (Fsp3) is 0.280. The first kappa shape index (κ1) is 20.7. The van der Waals surface area contributed by atoms with Crippen LogP contribution < -0.4 is 5.32 Å². The molecular weight excluding hydrogens is 386 g/mol. The summed E-state index contributed by atoms with van der Waals surface area (Å²) in [5.41, 5.74) is 3.16. The van der Waals surface area contributed by atoms with Gasteiger partial charge >= 0.3 is 0 Å². The van der Waals surface area contributed by atoms with Gasteiger partial charge in [0, 0.05) is 43.4 Å². The van der Waals surface area contributed by atoms with Gasteiger partial charge < -0.3 is 10.2 Å². The van der Waals surface area contributed by atoms with E-state index in [-0.39, 0.29) is 5.91 Å². The van der Waals surface area contributed by atoms with Crippen molar-refractivity contribution in [3.8, 4) is 0 Å². The van der Waals surface area contributed by atoms with Crippen LogP contribution in [0.15, 0.2) is 67.1 Å². The van der Waals surface area contributed by atoms with E-state index in [2.05, 4.69) is 32.4 Å². The highest BCUT2D eigenvalue weighted by molar-refractivity contribution is 5.91. The number of nitrogens with one attached hydrogen (secondary N) is 1. The van der Waals surface area contributed by atoms with Gasteiger partial charge in [0.2, 0.25) is 5.91 Å². The maximum absolute atomic E-state index is 12.5. The standard InChI is InChI=1S/C25H27N5O/c1-19-4-2-6-23(28-19)29-24-17-22(9-13-27-24)16-20-10-14-30(15-11-20)25(31)8-7-21-5-3-12-26-18-21/h2-9,12-13,17-18,20H,10-11,14-16H2,1H3,(H,27,28,29)/b8-7+. The van der Waals surface area contributed by atoms with E-state index in [1.807, 2.05) is 54.4 Å². The zero-order valence-electron chi connectivity index (χ0n) is 17.7. The molecule has 0 unspecified atom stereocenters. The highest BCUT2D eigenvalue weighted by Crippen LogP contribution is 2.23. The van der Waals surface area contributed by atoms with E-state index in [9.17, 15) is 4.79 Å². The van der Waals surface area contributed by atoms with Crippen LogP contribution >= 0.6 is 0 Å². The second-order valence-corrected chi connectivity index (χ2v) is 7.93. The van der Waals surface area contributed by atoms with Gasteiger partial charge in [-0.25, -0.2) is 9.97 Å². The number of aromatic nitrogens is 3. The Bertz CT molecular complexity index is 1040. The number of pyridine rings is 3. The van der Waals surface area contributed by atoms with Gasteiger partial charge in [0.05, 0.1) is 0 Å². The molecule has 0 atom stereocenters. The van der Waals surface area contributed by atoms with Gasteiger partial charge in [-0.05, 0) is 79.6 Å². The lowest BCUT2D eigenvalue weighted by atomic mass is 9.90. The average Bonchev–Trinajstić information content (AvgIpc) is 2.79. The SMILES string of the molecule is Cc1cccc(Nc2cc(CC3CCN(C(=O)/C=C/c4cccnc4)CC3)ccn2)n1. The van der Waals surface area contributed by atoms with Crippen LogP contribution in [-0.2, 0) is 11.2 Å². The maximum atomic E-state index is 12.5. The molecule has 158 valence electrons. The third-order valence-electron chi connectivity index (χ3n) is 5.52. The van der Waals surface area contributed by atoms with Gasteiger partial charge in [0.25, 0.3) is 0 Å². The normalized spacial score (nSPS) is 14.7. The van der Waals surface area contributed by atoms with Crippen molar-refractivity contribution in [1.29, 1.82) is 0 Å². The summed E-state index contributed by atoms with van der Waals surface area (Å²) in [6, 6.07) is 13.9. The number of hydrogen-bond acceptors (Lipinski definition) is 5. The number of carbonyl (C=O) groups excluding carboxylic acids is 1. The molecule has 3 aromatic rings. The molecule has 4 heterocycles. The predicted molar refractivity (Wildman–Crippen MR) is 123 cm³/mol. The van der Waals surface area contributed by atoms with E-state index in [0.717, 1.165) is 55.2 Å². The van der Waals surface area contributed by atoms with E-state index >= 15 is 0 Å². The molecule has 0 spiro atoms. The number of likely N-dealkylation sites (tertiary alicyclic amines) is 1. The number of aryl methyl sites for hydroxylation is 1. The lowest BCUT2D eigenvalue weighted by Crippen LogP contribution is -2.37. The van der Waals surface area contributed by atoms with E-state index in [0.29, 0.717) is 5.92 Å². The first-order valence-electron chi connectivity index (χ1n) is 10.7. The molecule has 0 radical (unpaired) electrons. The van der Waals surface area contributed by atoms with Crippen molar-refractivity contribution in [3.63, 3.8) is 0 Å². The Morgan fingerprint density at radius 2 is 2.00 bits per heavy atom. The van der Waals surface area contributed by atoms with Crippen LogP contribution in [-0.4, -0.2) is 38.8 Å². The first-order chi connectivity index (χ1) is 15.2. The predicted octanol–water partition coefficient (Wildman–Crippen LogP) is 4.42. The number of hydrogen-bond donors (Lipinski definition) is 1. The molecule has 0 aromatic carbocycles. The Balaban J connectivity index is 1.29. The summed E-state index contributed by atoms with van der Waals surface area (Å²) in [7, 11) is 0. The number of carbonyl (C=O) groups is 1. The largest absolute Gasteiger partial charge is 0.339 e. The van der Waals surface area contributed by atoms with Crippen molar-refractivity contribution in [2.24, 2.45) is 5.92 Å². The van der Waals surface area contributed by atoms with E-state index in [1.165, 1.54) is 5.56 Å². The van der Waals surface area contributed by atoms with Crippen LogP contribution in [0.3, 0.4) is 0 Å². The molecular formula is C25H27N5O. The van der Waals surface area contributed by atoms with Crippen molar-refractivity contribution in [2.45, 2.75) is 26.2 Å². The first-order valence-corrected chi connectivity index (χ1v) is 10.7. The molecule has 6 heteroatoms. The summed E-state index contributed by atoms with van der Waals surface area (Å²) in [5.74, 6) is 2.25. The van der Waals surface area contributed by atoms with Crippen LogP contribution in [0.1, 0.15) is 29.7 Å². The van der Waals surface area contributed by atoms with Crippen molar-refractivity contribution < 1.29 is 4.79 Å². The molecule has 1 fully saturated rings. The third kappa shape index (κ3) is 5.98. The molecule has 6 nitrogen and oxygen atoms in total. The van der Waals surface area contributed by atoms with Crippen molar-refractivity contribution in [1.82, 2.24) is 19.9 Å². The van der Waals surface area contributed by atoms with Crippen LogP contribution in [0, 0.1) is 12.8 Å². The monoisotopic (exact) mass is 413 g/mol. The molecule has 0 saturated carbocycles. The van der Waals surface area contributed by atoms with Crippen LogP contribution in [0.5, 0.6) is 0 Å². The fourth-order valence-electron chi connectivity index (χ4n) is 3.85. The summed E-state index contributed by atoms with van der Waals surface area (Å²) in [6.07, 6.45) is 11.8. The van der Waals surface area contributed by atoms with Crippen molar-refractivity contribution in [3.05, 3.63) is 84.0 Å². The molecule has 1 aliphatic rings. The molecule has 1 saturated heterocycles. The molecule has 31 heavy (non-hydrogen) atoms. The molecule has 1 N–H and O–H groups in total. The Hall–Kier alpha value is -3.54. The molecule has 0 bridgehead atoms. The topological polar surface area (TPSA) is 71.0 Å². The minimum Gasteiger partial charge on any atom is -0.339 e. The Morgan fingerprint density at radius 3 is 2.77 bits per heavy atom. The highest BCUT2D eigenvalue weighted by atomic mass is 16.2. The van der Waals surface area contributed by atoms with Crippen LogP contribution in [0.2, 0.25) is 0 Å². The summed E-state index contributed by atoms with van der Waals surface area (Å²) in [4.78, 5) is 27.4. The van der Waals surface area contributed by atoms with Gasteiger partial charge in [-0.15, -0.1) is 0 Å². The van der Waals surface area contributed by atoms with E-state index in [1.54, 1.807) is 18.5 Å². The minimum atomic E-state index is 0.0726. The summed E-state index contributed by atoms with van der Waals surface area (Å²) >= 11 is 0. The highest BCUT2D eigenvalue weighted by Gasteiger charge is 2.21. The van der Waals surface area contributed by atoms with E-state index < -0.39 is 0 Å². The number of anilines is 2. The number of amides is 1. The number of piperidine rings is 1. The number of nitrogens with zero attached hydrogens (tertiary/aromatic N) is 4. The molecule has 0 aliphatic carbocycles. The molecule has 1 amide bonds. The smallest absolute Gasteiger partial charge is 0.246 e. The van der Waals surface area contributed by atoms with Crippen LogP contribution in [0.4, 0.5) is 11.6 Å². The summed E-state index contributed by atoms with van der Waals surface area (Å²) in [5, 5.41) is 3.28. The summed E-state index contributed by atoms with van der Waals surface area (Å²) < 4.78 is 0. The van der Waals surface area contributed by atoms with Crippen molar-refractivity contribution >= 4 is 23.6 Å².